The summed E-state index contributed by atoms with van der Waals surface area (Å²) in [6.45, 7) is 3.72. The van der Waals surface area contributed by atoms with Crippen molar-refractivity contribution in [3.05, 3.63) is 69.5 Å². The SMILES string of the molecule is CC(C)Nc1ccc(C(=O)c2ccc(F)cc2)cc1[N+](=O)[O-]. The molecule has 2 aromatic carbocycles. The van der Waals surface area contributed by atoms with Crippen LogP contribution in [-0.2, 0) is 0 Å². The molecule has 0 bridgehead atoms. The normalized spacial score (nSPS) is 10.5. The number of nitro benzene ring substituents is 1. The second-order valence-electron chi connectivity index (χ2n) is 5.12. The number of carbonyl (C=O) groups excluding carboxylic acids is 1. The van der Waals surface area contributed by atoms with Gasteiger partial charge in [0.1, 0.15) is 11.5 Å². The number of nitrogens with zero attached hydrogens (tertiary/aromatic N) is 1. The molecule has 0 spiro atoms. The zero-order chi connectivity index (χ0) is 16.3. The second-order valence-corrected chi connectivity index (χ2v) is 5.12. The van der Waals surface area contributed by atoms with Crippen LogP contribution in [0.25, 0.3) is 0 Å². The molecular formula is C16H15FN2O3. The first-order valence-electron chi connectivity index (χ1n) is 6.73. The number of hydrogen-bond acceptors (Lipinski definition) is 4. The quantitative estimate of drug-likeness (QED) is 0.518. The van der Waals surface area contributed by atoms with Crippen molar-refractivity contribution >= 4 is 17.2 Å². The number of halogens is 1. The Balaban J connectivity index is 2.39. The molecule has 0 aliphatic rings. The topological polar surface area (TPSA) is 72.2 Å². The Morgan fingerprint density at radius 3 is 2.27 bits per heavy atom. The molecule has 5 nitrogen and oxygen atoms in total. The Morgan fingerprint density at radius 2 is 1.73 bits per heavy atom. The van der Waals surface area contributed by atoms with Crippen LogP contribution in [0.2, 0.25) is 0 Å². The standard InChI is InChI=1S/C16H15FN2O3/c1-10(2)18-14-8-5-12(9-15(14)19(21)22)16(20)11-3-6-13(17)7-4-11/h3-10,18H,1-2H3. The lowest BCUT2D eigenvalue weighted by molar-refractivity contribution is -0.384. The zero-order valence-corrected chi connectivity index (χ0v) is 12.2. The molecule has 0 unspecified atom stereocenters. The molecule has 0 amide bonds. The number of rotatable bonds is 5. The molecule has 0 aromatic heterocycles. The summed E-state index contributed by atoms with van der Waals surface area (Å²) in [5.74, 6) is -0.835. The van der Waals surface area contributed by atoms with E-state index in [1.807, 2.05) is 13.8 Å². The molecule has 6 heteroatoms. The Hall–Kier alpha value is -2.76. The van der Waals surface area contributed by atoms with Crippen LogP contribution < -0.4 is 5.32 Å². The first-order chi connectivity index (χ1) is 10.4. The van der Waals surface area contributed by atoms with Gasteiger partial charge in [0, 0.05) is 23.2 Å². The minimum atomic E-state index is -0.536. The number of ketones is 1. The highest BCUT2D eigenvalue weighted by Gasteiger charge is 2.19. The van der Waals surface area contributed by atoms with Gasteiger partial charge in [-0.25, -0.2) is 4.39 Å². The summed E-state index contributed by atoms with van der Waals surface area (Å²) in [4.78, 5) is 22.9. The highest BCUT2D eigenvalue weighted by atomic mass is 19.1. The Morgan fingerprint density at radius 1 is 1.14 bits per heavy atom. The fourth-order valence-corrected chi connectivity index (χ4v) is 2.02. The molecule has 2 rings (SSSR count). The van der Waals surface area contributed by atoms with Crippen molar-refractivity contribution in [3.8, 4) is 0 Å². The van der Waals surface area contributed by atoms with Gasteiger partial charge in [-0.2, -0.15) is 0 Å². The average Bonchev–Trinajstić information content (AvgIpc) is 2.47. The van der Waals surface area contributed by atoms with E-state index < -0.39 is 10.7 Å². The van der Waals surface area contributed by atoms with E-state index in [2.05, 4.69) is 5.32 Å². The number of nitrogens with one attached hydrogen (secondary N) is 1. The van der Waals surface area contributed by atoms with Crippen LogP contribution in [0, 0.1) is 15.9 Å². The lowest BCUT2D eigenvalue weighted by Crippen LogP contribution is -2.12. The van der Waals surface area contributed by atoms with Gasteiger partial charge in [-0.05, 0) is 50.2 Å². The predicted octanol–water partition coefficient (Wildman–Crippen LogP) is 3.79. The van der Waals surface area contributed by atoms with Gasteiger partial charge in [0.2, 0.25) is 0 Å². The van der Waals surface area contributed by atoms with Crippen LogP contribution in [0.1, 0.15) is 29.8 Å². The van der Waals surface area contributed by atoms with Crippen LogP contribution in [0.4, 0.5) is 15.8 Å². The molecule has 0 aliphatic carbocycles. The molecule has 0 aliphatic heterocycles. The maximum atomic E-state index is 12.9. The molecule has 0 saturated carbocycles. The largest absolute Gasteiger partial charge is 0.377 e. The van der Waals surface area contributed by atoms with Crippen molar-refractivity contribution in [2.24, 2.45) is 0 Å². The number of hydrogen-bond donors (Lipinski definition) is 1. The first-order valence-corrected chi connectivity index (χ1v) is 6.73. The van der Waals surface area contributed by atoms with E-state index in [9.17, 15) is 19.3 Å². The number of carbonyl (C=O) groups is 1. The monoisotopic (exact) mass is 302 g/mol. The Bertz CT molecular complexity index is 712. The first kappa shape index (κ1) is 15.6. The van der Waals surface area contributed by atoms with Crippen molar-refractivity contribution in [3.63, 3.8) is 0 Å². The van der Waals surface area contributed by atoms with Crippen LogP contribution in [0.15, 0.2) is 42.5 Å². The third-order valence-corrected chi connectivity index (χ3v) is 3.01. The third-order valence-electron chi connectivity index (χ3n) is 3.01. The van der Waals surface area contributed by atoms with E-state index in [0.717, 1.165) is 0 Å². The summed E-state index contributed by atoms with van der Waals surface area (Å²) in [7, 11) is 0. The maximum absolute atomic E-state index is 12.9. The van der Waals surface area contributed by atoms with Gasteiger partial charge in [-0.15, -0.1) is 0 Å². The highest BCUT2D eigenvalue weighted by Crippen LogP contribution is 2.27. The predicted molar refractivity (Wildman–Crippen MR) is 81.7 cm³/mol. The van der Waals surface area contributed by atoms with Crippen molar-refractivity contribution in [2.75, 3.05) is 5.32 Å². The van der Waals surface area contributed by atoms with Gasteiger partial charge in [0.15, 0.2) is 5.78 Å². The van der Waals surface area contributed by atoms with E-state index in [1.165, 1.54) is 42.5 Å². The number of benzene rings is 2. The Kier molecular flexibility index (Phi) is 4.50. The average molecular weight is 302 g/mol. The van der Waals surface area contributed by atoms with E-state index in [0.29, 0.717) is 5.69 Å². The molecular weight excluding hydrogens is 287 g/mol. The van der Waals surface area contributed by atoms with Crippen LogP contribution >= 0.6 is 0 Å². The van der Waals surface area contributed by atoms with Crippen LogP contribution in [0.5, 0.6) is 0 Å². The van der Waals surface area contributed by atoms with Gasteiger partial charge in [-0.3, -0.25) is 14.9 Å². The smallest absolute Gasteiger partial charge is 0.293 e. The number of nitro groups is 1. The van der Waals surface area contributed by atoms with Gasteiger partial charge >= 0.3 is 0 Å². The van der Waals surface area contributed by atoms with Crippen LogP contribution in [-0.4, -0.2) is 16.7 Å². The molecule has 114 valence electrons. The van der Waals surface area contributed by atoms with Crippen molar-refractivity contribution in [1.82, 2.24) is 0 Å². The summed E-state index contributed by atoms with van der Waals surface area (Å²) >= 11 is 0. The van der Waals surface area contributed by atoms with Gasteiger partial charge in [-0.1, -0.05) is 0 Å². The minimum absolute atomic E-state index is 0.0253. The molecule has 22 heavy (non-hydrogen) atoms. The summed E-state index contributed by atoms with van der Waals surface area (Å²) in [6.07, 6.45) is 0. The van der Waals surface area contributed by atoms with Gasteiger partial charge in [0.25, 0.3) is 5.69 Å². The van der Waals surface area contributed by atoms with Crippen molar-refractivity contribution in [1.29, 1.82) is 0 Å². The molecule has 0 atom stereocenters. The fraction of sp³-hybridized carbons (Fsp3) is 0.188. The molecule has 0 saturated heterocycles. The molecule has 2 aromatic rings. The summed E-state index contributed by atoms with van der Waals surface area (Å²) in [6, 6.07) is 9.34. The van der Waals surface area contributed by atoms with E-state index >= 15 is 0 Å². The van der Waals surface area contributed by atoms with E-state index in [4.69, 9.17) is 0 Å². The van der Waals surface area contributed by atoms with E-state index in [1.54, 1.807) is 0 Å². The fourth-order valence-electron chi connectivity index (χ4n) is 2.02. The summed E-state index contributed by atoms with van der Waals surface area (Å²) < 4.78 is 12.9. The summed E-state index contributed by atoms with van der Waals surface area (Å²) in [5, 5.41) is 14.1. The van der Waals surface area contributed by atoms with E-state index in [-0.39, 0.29) is 28.6 Å². The minimum Gasteiger partial charge on any atom is -0.377 e. The molecule has 0 radical (unpaired) electrons. The molecule has 1 N–H and O–H groups in total. The molecule has 0 heterocycles. The maximum Gasteiger partial charge on any atom is 0.293 e. The van der Waals surface area contributed by atoms with Crippen molar-refractivity contribution < 1.29 is 14.1 Å². The second kappa shape index (κ2) is 6.34. The van der Waals surface area contributed by atoms with Crippen molar-refractivity contribution in [2.45, 2.75) is 19.9 Å². The lowest BCUT2D eigenvalue weighted by atomic mass is 10.0. The Labute approximate surface area is 126 Å². The zero-order valence-electron chi connectivity index (χ0n) is 12.2. The lowest BCUT2D eigenvalue weighted by Gasteiger charge is -2.11. The van der Waals surface area contributed by atoms with Gasteiger partial charge < -0.3 is 5.32 Å². The highest BCUT2D eigenvalue weighted by molar-refractivity contribution is 6.09. The summed E-state index contributed by atoms with van der Waals surface area (Å²) in [5.41, 5.74) is 0.658. The number of anilines is 1. The molecule has 0 fully saturated rings. The van der Waals surface area contributed by atoms with Gasteiger partial charge in [0.05, 0.1) is 4.92 Å². The van der Waals surface area contributed by atoms with Crippen LogP contribution in [0.3, 0.4) is 0 Å². The third kappa shape index (κ3) is 3.46.